The van der Waals surface area contributed by atoms with Crippen molar-refractivity contribution in [3.8, 4) is 6.07 Å². The molecule has 0 saturated carbocycles. The second-order valence-electron chi connectivity index (χ2n) is 4.48. The van der Waals surface area contributed by atoms with Crippen LogP contribution in [0.3, 0.4) is 0 Å². The first-order valence-electron chi connectivity index (χ1n) is 6.23. The van der Waals surface area contributed by atoms with Crippen LogP contribution >= 0.6 is 0 Å². The number of benzene rings is 1. The molecule has 6 nitrogen and oxygen atoms in total. The Morgan fingerprint density at radius 2 is 2.26 bits per heavy atom. The van der Waals surface area contributed by atoms with Crippen LogP contribution in [0, 0.1) is 21.4 Å². The Labute approximate surface area is 111 Å². The van der Waals surface area contributed by atoms with Gasteiger partial charge in [0.1, 0.15) is 6.07 Å². The third-order valence-electron chi connectivity index (χ3n) is 3.15. The molecule has 1 N–H and O–H groups in total. The molecule has 1 aliphatic heterocycles. The number of nitro groups is 1. The lowest BCUT2D eigenvalue weighted by Crippen LogP contribution is -2.20. The van der Waals surface area contributed by atoms with Gasteiger partial charge in [-0.25, -0.2) is 0 Å². The number of rotatable bonds is 3. The summed E-state index contributed by atoms with van der Waals surface area (Å²) in [7, 11) is 0. The lowest BCUT2D eigenvalue weighted by Gasteiger charge is -2.17. The monoisotopic (exact) mass is 261 g/mol. The quantitative estimate of drug-likeness (QED) is 0.666. The number of nitriles is 1. The number of hydrogen-bond donors (Lipinski definition) is 1. The Bertz CT molecular complexity index is 502. The Kier molecular flexibility index (Phi) is 4.31. The molecule has 0 amide bonds. The fourth-order valence-corrected chi connectivity index (χ4v) is 2.13. The fraction of sp³-hybridized carbons (Fsp3) is 0.462. The number of ether oxygens (including phenoxy) is 1. The summed E-state index contributed by atoms with van der Waals surface area (Å²) < 4.78 is 5.38. The van der Waals surface area contributed by atoms with Crippen molar-refractivity contribution >= 4 is 11.4 Å². The van der Waals surface area contributed by atoms with Crippen molar-refractivity contribution in [2.75, 3.05) is 18.5 Å². The maximum Gasteiger partial charge on any atom is 0.270 e. The molecule has 0 aromatic heterocycles. The largest absolute Gasteiger partial charge is 0.381 e. The van der Waals surface area contributed by atoms with Gasteiger partial charge in [0, 0.05) is 31.4 Å². The second-order valence-corrected chi connectivity index (χ2v) is 4.48. The van der Waals surface area contributed by atoms with E-state index in [1.165, 1.54) is 12.1 Å². The summed E-state index contributed by atoms with van der Waals surface area (Å²) in [5.74, 6) is 0. The highest BCUT2D eigenvalue weighted by Gasteiger charge is 2.16. The molecule has 1 fully saturated rings. The number of anilines is 1. The summed E-state index contributed by atoms with van der Waals surface area (Å²) >= 11 is 0. The summed E-state index contributed by atoms with van der Waals surface area (Å²) in [6.45, 7) is 1.47. The van der Waals surface area contributed by atoms with E-state index in [0.29, 0.717) is 17.9 Å². The number of nitrogens with zero attached hydrogens (tertiary/aromatic N) is 2. The molecule has 1 aromatic carbocycles. The third-order valence-corrected chi connectivity index (χ3v) is 3.15. The van der Waals surface area contributed by atoms with Crippen LogP contribution in [0.25, 0.3) is 0 Å². The van der Waals surface area contributed by atoms with Gasteiger partial charge in [-0.3, -0.25) is 10.1 Å². The van der Waals surface area contributed by atoms with Crippen LogP contribution in [0.15, 0.2) is 18.2 Å². The Hall–Kier alpha value is -2.13. The first-order chi connectivity index (χ1) is 9.20. The predicted octanol–water partition coefficient (Wildman–Crippen LogP) is 2.45. The summed E-state index contributed by atoms with van der Waals surface area (Å²) in [6.07, 6.45) is 2.83. The average Bonchev–Trinajstić information content (AvgIpc) is 2.67. The van der Waals surface area contributed by atoms with Gasteiger partial charge in [0.2, 0.25) is 0 Å². The van der Waals surface area contributed by atoms with Crippen molar-refractivity contribution in [1.82, 2.24) is 0 Å². The highest BCUT2D eigenvalue weighted by molar-refractivity contribution is 5.61. The Morgan fingerprint density at radius 1 is 1.42 bits per heavy atom. The van der Waals surface area contributed by atoms with Crippen molar-refractivity contribution in [1.29, 1.82) is 5.26 Å². The van der Waals surface area contributed by atoms with Crippen LogP contribution in [0.4, 0.5) is 11.4 Å². The first-order valence-corrected chi connectivity index (χ1v) is 6.23. The lowest BCUT2D eigenvalue weighted by molar-refractivity contribution is -0.384. The van der Waals surface area contributed by atoms with E-state index in [-0.39, 0.29) is 11.7 Å². The maximum absolute atomic E-state index is 10.7. The zero-order chi connectivity index (χ0) is 13.7. The molecule has 1 aliphatic rings. The van der Waals surface area contributed by atoms with E-state index in [1.807, 2.05) is 6.07 Å². The second kappa shape index (κ2) is 6.16. The van der Waals surface area contributed by atoms with Gasteiger partial charge >= 0.3 is 0 Å². The van der Waals surface area contributed by atoms with Crippen LogP contribution in [0.2, 0.25) is 0 Å². The fourth-order valence-electron chi connectivity index (χ4n) is 2.13. The molecule has 1 saturated heterocycles. The molecule has 2 rings (SSSR count). The van der Waals surface area contributed by atoms with Crippen molar-refractivity contribution in [3.63, 3.8) is 0 Å². The van der Waals surface area contributed by atoms with Crippen molar-refractivity contribution in [2.24, 2.45) is 0 Å². The van der Waals surface area contributed by atoms with Gasteiger partial charge in [0.25, 0.3) is 5.69 Å². The van der Waals surface area contributed by atoms with E-state index in [0.717, 1.165) is 25.9 Å². The van der Waals surface area contributed by atoms with Gasteiger partial charge < -0.3 is 10.1 Å². The van der Waals surface area contributed by atoms with E-state index >= 15 is 0 Å². The smallest absolute Gasteiger partial charge is 0.270 e. The van der Waals surface area contributed by atoms with Gasteiger partial charge in [0.15, 0.2) is 0 Å². The average molecular weight is 261 g/mol. The summed E-state index contributed by atoms with van der Waals surface area (Å²) in [5.41, 5.74) is 0.894. The minimum Gasteiger partial charge on any atom is -0.381 e. The molecule has 0 aliphatic carbocycles. The molecule has 19 heavy (non-hydrogen) atoms. The van der Waals surface area contributed by atoms with Crippen LogP contribution in [0.5, 0.6) is 0 Å². The third kappa shape index (κ3) is 3.42. The van der Waals surface area contributed by atoms with E-state index in [2.05, 4.69) is 5.32 Å². The van der Waals surface area contributed by atoms with E-state index in [4.69, 9.17) is 10.00 Å². The predicted molar refractivity (Wildman–Crippen MR) is 69.9 cm³/mol. The molecule has 1 aromatic rings. The Morgan fingerprint density at radius 3 is 3.00 bits per heavy atom. The number of non-ortho nitro benzene ring substituents is 1. The standard InChI is InChI=1S/C13H15N3O3/c14-9-10-8-12(16(17)18)3-4-13(10)15-11-2-1-6-19-7-5-11/h3-4,8,11,15H,1-2,5-7H2. The van der Waals surface area contributed by atoms with Gasteiger partial charge in [0.05, 0.1) is 16.2 Å². The van der Waals surface area contributed by atoms with E-state index in [9.17, 15) is 10.1 Å². The summed E-state index contributed by atoms with van der Waals surface area (Å²) in [5, 5.41) is 23.0. The molecule has 1 heterocycles. The van der Waals surface area contributed by atoms with Gasteiger partial charge in [-0.05, 0) is 25.3 Å². The maximum atomic E-state index is 10.7. The zero-order valence-corrected chi connectivity index (χ0v) is 10.5. The van der Waals surface area contributed by atoms with Crippen LogP contribution < -0.4 is 5.32 Å². The van der Waals surface area contributed by atoms with E-state index < -0.39 is 4.92 Å². The van der Waals surface area contributed by atoms with Crippen LogP contribution in [-0.2, 0) is 4.74 Å². The van der Waals surface area contributed by atoms with Gasteiger partial charge in [-0.15, -0.1) is 0 Å². The summed E-state index contributed by atoms with van der Waals surface area (Å²) in [6, 6.07) is 6.56. The molecular formula is C13H15N3O3. The van der Waals surface area contributed by atoms with Crippen molar-refractivity contribution in [3.05, 3.63) is 33.9 Å². The molecule has 100 valence electrons. The molecule has 0 radical (unpaired) electrons. The normalized spacial score (nSPS) is 19.2. The van der Waals surface area contributed by atoms with Crippen LogP contribution in [0.1, 0.15) is 24.8 Å². The number of nitro benzene ring substituents is 1. The number of nitrogens with one attached hydrogen (secondary N) is 1. The molecule has 0 spiro atoms. The number of hydrogen-bond acceptors (Lipinski definition) is 5. The SMILES string of the molecule is N#Cc1cc([N+](=O)[O-])ccc1NC1CCCOCC1. The minimum atomic E-state index is -0.496. The molecule has 0 bridgehead atoms. The van der Waals surface area contributed by atoms with Crippen LogP contribution in [-0.4, -0.2) is 24.2 Å². The van der Waals surface area contributed by atoms with Gasteiger partial charge in [-0.1, -0.05) is 0 Å². The molecule has 6 heteroatoms. The molecule has 1 unspecified atom stereocenters. The topological polar surface area (TPSA) is 88.2 Å². The van der Waals surface area contributed by atoms with Gasteiger partial charge in [-0.2, -0.15) is 5.26 Å². The molecular weight excluding hydrogens is 246 g/mol. The Balaban J connectivity index is 2.15. The highest BCUT2D eigenvalue weighted by Crippen LogP contribution is 2.23. The lowest BCUT2D eigenvalue weighted by atomic mass is 10.1. The van der Waals surface area contributed by atoms with E-state index in [1.54, 1.807) is 6.07 Å². The van der Waals surface area contributed by atoms with Crippen molar-refractivity contribution < 1.29 is 9.66 Å². The minimum absolute atomic E-state index is 0.0636. The molecule has 1 atom stereocenters. The van der Waals surface area contributed by atoms with Crippen molar-refractivity contribution in [2.45, 2.75) is 25.3 Å². The first kappa shape index (κ1) is 13.3. The highest BCUT2D eigenvalue weighted by atomic mass is 16.6. The summed E-state index contributed by atoms with van der Waals surface area (Å²) in [4.78, 5) is 10.2. The zero-order valence-electron chi connectivity index (χ0n) is 10.5.